The number of amides is 1. The Kier molecular flexibility index (Phi) is 7.58. The van der Waals surface area contributed by atoms with Gasteiger partial charge >= 0.3 is 6.09 Å². The molecule has 1 amide bonds. The molecule has 2 aromatic carbocycles. The lowest BCUT2D eigenvalue weighted by Gasteiger charge is -2.26. The first kappa shape index (κ1) is 26.9. The highest BCUT2D eigenvalue weighted by Crippen LogP contribution is 2.31. The van der Waals surface area contributed by atoms with Gasteiger partial charge in [-0.1, -0.05) is 0 Å². The lowest BCUT2D eigenvalue weighted by atomic mass is 10.1. The van der Waals surface area contributed by atoms with E-state index >= 15 is 8.78 Å². The molecular weight excluding hydrogens is 519 g/mol. The van der Waals surface area contributed by atoms with Crippen molar-refractivity contribution >= 4 is 39.0 Å². The van der Waals surface area contributed by atoms with Crippen LogP contribution in [0.3, 0.4) is 0 Å². The SMILES string of the molecule is CC(C)(C)OC(=O)N(c1cscn1)S(=O)(=O)c1c(F)cc(N[C@@H](N)c2cc(C#N)ccc2F)cc1F. The summed E-state index contributed by atoms with van der Waals surface area (Å²) in [5, 5.41) is 12.6. The maximum atomic E-state index is 15.0. The van der Waals surface area contributed by atoms with Gasteiger partial charge in [0, 0.05) is 16.6 Å². The van der Waals surface area contributed by atoms with Crippen LogP contribution >= 0.6 is 11.3 Å². The topological polar surface area (TPSA) is 138 Å². The summed E-state index contributed by atoms with van der Waals surface area (Å²) in [5.74, 6) is -4.30. The zero-order valence-electron chi connectivity index (χ0n) is 19.1. The summed E-state index contributed by atoms with van der Waals surface area (Å²) in [4.78, 5) is 15.0. The first-order valence-corrected chi connectivity index (χ1v) is 12.5. The molecule has 36 heavy (non-hydrogen) atoms. The van der Waals surface area contributed by atoms with Gasteiger partial charge in [-0.2, -0.15) is 5.26 Å². The molecule has 0 spiro atoms. The zero-order chi connectivity index (χ0) is 26.8. The Balaban J connectivity index is 2.00. The molecule has 0 aliphatic rings. The van der Waals surface area contributed by atoms with Gasteiger partial charge in [0.2, 0.25) is 0 Å². The predicted molar refractivity (Wildman–Crippen MR) is 126 cm³/mol. The molecule has 3 aromatic rings. The van der Waals surface area contributed by atoms with Crippen LogP contribution in [0.15, 0.2) is 46.1 Å². The van der Waals surface area contributed by atoms with E-state index in [9.17, 15) is 17.6 Å². The number of carbonyl (C=O) groups excluding carboxylic acids is 1. The summed E-state index contributed by atoms with van der Waals surface area (Å²) >= 11 is 0.947. The van der Waals surface area contributed by atoms with Crippen molar-refractivity contribution in [3.05, 3.63) is 69.8 Å². The molecule has 14 heteroatoms. The number of nitrogens with one attached hydrogen (secondary N) is 1. The van der Waals surface area contributed by atoms with Crippen molar-refractivity contribution < 1.29 is 31.1 Å². The van der Waals surface area contributed by atoms with E-state index in [1.54, 1.807) is 0 Å². The minimum atomic E-state index is -5.17. The van der Waals surface area contributed by atoms with E-state index in [0.29, 0.717) is 12.1 Å². The summed E-state index contributed by atoms with van der Waals surface area (Å²) in [7, 11) is -5.17. The Morgan fingerprint density at radius 3 is 2.36 bits per heavy atom. The molecule has 3 rings (SSSR count). The van der Waals surface area contributed by atoms with Crippen LogP contribution < -0.4 is 15.4 Å². The number of nitriles is 1. The highest BCUT2D eigenvalue weighted by Gasteiger charge is 2.39. The number of hydrogen-bond donors (Lipinski definition) is 2. The average Bonchev–Trinajstić information content (AvgIpc) is 3.25. The first-order valence-electron chi connectivity index (χ1n) is 10.1. The summed E-state index contributed by atoms with van der Waals surface area (Å²) in [6.07, 6.45) is -2.75. The van der Waals surface area contributed by atoms with Crippen LogP contribution in [0.1, 0.15) is 38.1 Å². The number of rotatable bonds is 6. The van der Waals surface area contributed by atoms with Crippen molar-refractivity contribution in [3.63, 3.8) is 0 Å². The number of benzene rings is 2. The van der Waals surface area contributed by atoms with E-state index in [0.717, 1.165) is 23.5 Å². The molecule has 0 aliphatic heterocycles. The van der Waals surface area contributed by atoms with Gasteiger partial charge in [0.15, 0.2) is 10.7 Å². The molecule has 0 saturated heterocycles. The van der Waals surface area contributed by atoms with Gasteiger partial charge in [-0.15, -0.1) is 15.6 Å². The molecule has 9 nitrogen and oxygen atoms in total. The fourth-order valence-electron chi connectivity index (χ4n) is 3.01. The third-order valence-corrected chi connectivity index (χ3v) is 6.76. The van der Waals surface area contributed by atoms with Crippen molar-refractivity contribution in [2.24, 2.45) is 5.73 Å². The summed E-state index contributed by atoms with van der Waals surface area (Å²) in [5.41, 5.74) is 5.61. The van der Waals surface area contributed by atoms with Crippen LogP contribution in [0, 0.1) is 28.8 Å². The smallest absolute Gasteiger partial charge is 0.430 e. The van der Waals surface area contributed by atoms with Crippen molar-refractivity contribution in [1.82, 2.24) is 4.98 Å². The number of ether oxygens (including phenoxy) is 1. The normalized spacial score (nSPS) is 12.5. The van der Waals surface area contributed by atoms with Crippen LogP contribution in [0.2, 0.25) is 0 Å². The Hall–Kier alpha value is -3.67. The molecule has 0 radical (unpaired) electrons. The largest absolute Gasteiger partial charge is 0.443 e. The molecule has 190 valence electrons. The van der Waals surface area contributed by atoms with Crippen LogP contribution in [0.4, 0.5) is 29.5 Å². The number of hydrogen-bond acceptors (Lipinski definition) is 9. The number of aromatic nitrogens is 1. The standard InChI is InChI=1S/C22H20F3N5O4S2/c1-22(2,3)34-21(31)30(18-10-35-11-28-18)36(32,33)19-16(24)7-13(8-17(19)25)29-20(27)14-6-12(9-26)4-5-15(14)23/h4-8,10-11,20,29H,27H2,1-3H3/t20-/m1/s1. The second-order valence-corrected chi connectivity index (χ2v) is 10.8. The van der Waals surface area contributed by atoms with Crippen LogP contribution in [-0.2, 0) is 14.8 Å². The highest BCUT2D eigenvalue weighted by molar-refractivity contribution is 7.93. The van der Waals surface area contributed by atoms with Crippen molar-refractivity contribution in [2.45, 2.75) is 37.4 Å². The fraction of sp³-hybridized carbons (Fsp3) is 0.227. The van der Waals surface area contributed by atoms with E-state index < -0.39 is 56.0 Å². The lowest BCUT2D eigenvalue weighted by Crippen LogP contribution is -2.41. The van der Waals surface area contributed by atoms with Gasteiger partial charge in [-0.05, 0) is 51.1 Å². The van der Waals surface area contributed by atoms with E-state index in [1.165, 1.54) is 37.7 Å². The molecule has 1 atom stereocenters. The molecule has 0 bridgehead atoms. The van der Waals surface area contributed by atoms with E-state index in [4.69, 9.17) is 15.7 Å². The number of carbonyl (C=O) groups is 1. The number of nitrogens with two attached hydrogens (primary N) is 1. The first-order chi connectivity index (χ1) is 16.7. The Bertz CT molecular complexity index is 1410. The molecule has 1 aromatic heterocycles. The number of sulfonamides is 1. The molecular formula is C22H20F3N5O4S2. The van der Waals surface area contributed by atoms with Gasteiger partial charge in [-0.25, -0.2) is 31.4 Å². The maximum absolute atomic E-state index is 15.0. The van der Waals surface area contributed by atoms with Crippen molar-refractivity contribution in [3.8, 4) is 6.07 Å². The Morgan fingerprint density at radius 1 is 1.19 bits per heavy atom. The number of thiazole rings is 1. The van der Waals surface area contributed by atoms with Gasteiger partial charge in [0.1, 0.15) is 29.2 Å². The maximum Gasteiger partial charge on any atom is 0.430 e. The third kappa shape index (κ3) is 5.76. The van der Waals surface area contributed by atoms with Crippen LogP contribution in [0.5, 0.6) is 0 Å². The minimum absolute atomic E-state index is 0.0673. The monoisotopic (exact) mass is 539 g/mol. The summed E-state index contributed by atoms with van der Waals surface area (Å²) in [6, 6.07) is 6.45. The van der Waals surface area contributed by atoms with E-state index in [-0.39, 0.29) is 21.1 Å². The van der Waals surface area contributed by atoms with Gasteiger partial charge in [-0.3, -0.25) is 0 Å². The predicted octanol–water partition coefficient (Wildman–Crippen LogP) is 4.63. The Morgan fingerprint density at radius 2 is 1.83 bits per heavy atom. The molecule has 3 N–H and O–H groups in total. The molecule has 0 aliphatic carbocycles. The van der Waals surface area contributed by atoms with Gasteiger partial charge in [0.05, 0.1) is 17.1 Å². The van der Waals surface area contributed by atoms with Gasteiger partial charge < -0.3 is 15.8 Å². The molecule has 0 fully saturated rings. The summed E-state index contributed by atoms with van der Waals surface area (Å²) < 4.78 is 75.9. The molecule has 0 unspecified atom stereocenters. The lowest BCUT2D eigenvalue weighted by molar-refractivity contribution is 0.0608. The summed E-state index contributed by atoms with van der Waals surface area (Å²) in [6.45, 7) is 4.45. The zero-order valence-corrected chi connectivity index (χ0v) is 20.8. The van der Waals surface area contributed by atoms with Crippen LogP contribution in [-0.4, -0.2) is 25.1 Å². The van der Waals surface area contributed by atoms with Crippen LogP contribution in [0.25, 0.3) is 0 Å². The number of nitrogens with zero attached hydrogens (tertiary/aromatic N) is 3. The highest BCUT2D eigenvalue weighted by atomic mass is 32.2. The molecule has 0 saturated carbocycles. The fourth-order valence-corrected chi connectivity index (χ4v) is 4.97. The minimum Gasteiger partial charge on any atom is -0.443 e. The molecule has 1 heterocycles. The average molecular weight is 540 g/mol. The number of halogens is 3. The Labute approximate surface area is 209 Å². The van der Waals surface area contributed by atoms with E-state index in [2.05, 4.69) is 10.3 Å². The van der Waals surface area contributed by atoms with Crippen molar-refractivity contribution in [2.75, 3.05) is 9.62 Å². The second kappa shape index (κ2) is 10.1. The van der Waals surface area contributed by atoms with E-state index in [1.807, 2.05) is 6.07 Å². The second-order valence-electron chi connectivity index (χ2n) is 8.34. The van der Waals surface area contributed by atoms with Gasteiger partial charge in [0.25, 0.3) is 10.0 Å². The van der Waals surface area contributed by atoms with Crippen molar-refractivity contribution in [1.29, 1.82) is 5.26 Å². The number of anilines is 2. The quantitative estimate of drug-likeness (QED) is 0.433. The third-order valence-electron chi connectivity index (χ3n) is 4.47.